The van der Waals surface area contributed by atoms with Crippen LogP contribution >= 0.6 is 24.8 Å². The van der Waals surface area contributed by atoms with Crippen molar-refractivity contribution in [1.29, 1.82) is 0 Å². The molecule has 0 amide bonds. The summed E-state index contributed by atoms with van der Waals surface area (Å²) >= 11 is 0. The number of aliphatic carboxylic acids is 1. The maximum Gasteiger partial charge on any atom is 0.310 e. The highest BCUT2D eigenvalue weighted by molar-refractivity contribution is 5.85. The maximum absolute atomic E-state index is 11.3. The van der Waals surface area contributed by atoms with Gasteiger partial charge in [0, 0.05) is 6.42 Å². The van der Waals surface area contributed by atoms with E-state index >= 15 is 0 Å². The van der Waals surface area contributed by atoms with Crippen molar-refractivity contribution >= 4 is 30.8 Å². The van der Waals surface area contributed by atoms with Crippen LogP contribution in [0.3, 0.4) is 0 Å². The van der Waals surface area contributed by atoms with Crippen LogP contribution in [0.2, 0.25) is 0 Å². The molecule has 6 nitrogen and oxygen atoms in total. The predicted molar refractivity (Wildman–Crippen MR) is 66.8 cm³/mol. The Morgan fingerprint density at radius 3 is 2.53 bits per heavy atom. The smallest absolute Gasteiger partial charge is 0.310 e. The first-order chi connectivity index (χ1) is 7.23. The minimum absolute atomic E-state index is 0. The van der Waals surface area contributed by atoms with Gasteiger partial charge < -0.3 is 10.4 Å². The zero-order valence-electron chi connectivity index (χ0n) is 9.18. The van der Waals surface area contributed by atoms with Crippen LogP contribution < -0.4 is 5.32 Å². The molecule has 0 atom stereocenters. The molecule has 1 fully saturated rings. The van der Waals surface area contributed by atoms with Crippen molar-refractivity contribution in [3.05, 3.63) is 11.9 Å². The standard InChI is InChI=1S/C9H14N4O2.2ClH/c14-8(15)9(1-3-10-4-2-9)5-7-6-11-13-12-7;;/h6,10H,1-5H2,(H,14,15)(H,11,12,13);2*1H. The Bertz CT molecular complexity index is 339. The van der Waals surface area contributed by atoms with E-state index in [1.165, 1.54) is 0 Å². The van der Waals surface area contributed by atoms with Crippen LogP contribution in [0.5, 0.6) is 0 Å². The average Bonchev–Trinajstić information content (AvgIpc) is 2.71. The fourth-order valence-electron chi connectivity index (χ4n) is 2.03. The zero-order chi connectivity index (χ0) is 10.7. The van der Waals surface area contributed by atoms with Crippen molar-refractivity contribution in [2.75, 3.05) is 13.1 Å². The van der Waals surface area contributed by atoms with Crippen LogP contribution in [-0.4, -0.2) is 39.6 Å². The Morgan fingerprint density at radius 2 is 2.06 bits per heavy atom. The number of halogens is 2. The van der Waals surface area contributed by atoms with E-state index < -0.39 is 11.4 Å². The SMILES string of the molecule is Cl.Cl.O=C(O)C1(Cc2cn[nH]n2)CCNCC1. The van der Waals surface area contributed by atoms with Crippen LogP contribution in [-0.2, 0) is 11.2 Å². The third-order valence-electron chi connectivity index (χ3n) is 3.00. The van der Waals surface area contributed by atoms with Crippen molar-refractivity contribution in [3.63, 3.8) is 0 Å². The second-order valence-corrected chi connectivity index (χ2v) is 3.97. The van der Waals surface area contributed by atoms with Crippen LogP contribution in [0.1, 0.15) is 18.5 Å². The zero-order valence-corrected chi connectivity index (χ0v) is 10.8. The first kappa shape index (κ1) is 16.1. The number of piperidine rings is 1. The number of nitrogens with zero attached hydrogens (tertiary/aromatic N) is 2. The molecule has 1 aliphatic heterocycles. The molecule has 2 rings (SSSR count). The quantitative estimate of drug-likeness (QED) is 0.757. The molecule has 0 radical (unpaired) electrons. The molecule has 0 spiro atoms. The van der Waals surface area contributed by atoms with E-state index in [9.17, 15) is 9.90 Å². The fraction of sp³-hybridized carbons (Fsp3) is 0.667. The predicted octanol–water partition coefficient (Wildman–Crippen LogP) is 0.645. The molecular formula is C9H16Cl2N4O2. The maximum atomic E-state index is 11.3. The van der Waals surface area contributed by atoms with Gasteiger partial charge in [-0.05, 0) is 25.9 Å². The normalized spacial score (nSPS) is 17.6. The van der Waals surface area contributed by atoms with E-state index in [2.05, 4.69) is 20.7 Å². The number of aromatic nitrogens is 3. The molecule has 0 aromatic carbocycles. The van der Waals surface area contributed by atoms with Gasteiger partial charge >= 0.3 is 5.97 Å². The summed E-state index contributed by atoms with van der Waals surface area (Å²) in [5.41, 5.74) is 0.0570. The Labute approximate surface area is 111 Å². The van der Waals surface area contributed by atoms with Gasteiger partial charge in [0.25, 0.3) is 0 Å². The van der Waals surface area contributed by atoms with E-state index in [1.807, 2.05) is 0 Å². The lowest BCUT2D eigenvalue weighted by Crippen LogP contribution is -2.43. The summed E-state index contributed by atoms with van der Waals surface area (Å²) in [6, 6.07) is 0. The van der Waals surface area contributed by atoms with Gasteiger partial charge in [0.1, 0.15) is 0 Å². The molecule has 0 unspecified atom stereocenters. The minimum Gasteiger partial charge on any atom is -0.481 e. The fourth-order valence-corrected chi connectivity index (χ4v) is 2.03. The van der Waals surface area contributed by atoms with Crippen LogP contribution in [0.25, 0.3) is 0 Å². The average molecular weight is 283 g/mol. The summed E-state index contributed by atoms with van der Waals surface area (Å²) in [6.07, 6.45) is 3.34. The van der Waals surface area contributed by atoms with E-state index in [0.717, 1.165) is 18.8 Å². The molecule has 8 heteroatoms. The van der Waals surface area contributed by atoms with E-state index in [4.69, 9.17) is 0 Å². The van der Waals surface area contributed by atoms with Gasteiger partial charge in [-0.1, -0.05) is 0 Å². The highest BCUT2D eigenvalue weighted by atomic mass is 35.5. The Morgan fingerprint density at radius 1 is 1.41 bits per heavy atom. The van der Waals surface area contributed by atoms with Crippen LogP contribution in [0.4, 0.5) is 0 Å². The summed E-state index contributed by atoms with van der Waals surface area (Å²) in [5, 5.41) is 22.6. The number of hydrogen-bond donors (Lipinski definition) is 3. The second kappa shape index (κ2) is 6.78. The number of aromatic amines is 1. The molecule has 98 valence electrons. The topological polar surface area (TPSA) is 90.9 Å². The summed E-state index contributed by atoms with van der Waals surface area (Å²) in [6.45, 7) is 1.51. The molecule has 0 bridgehead atoms. The van der Waals surface area contributed by atoms with Gasteiger partial charge in [-0.2, -0.15) is 15.4 Å². The molecule has 2 heterocycles. The summed E-state index contributed by atoms with van der Waals surface area (Å²) in [5.74, 6) is -0.730. The van der Waals surface area contributed by atoms with E-state index in [1.54, 1.807) is 6.20 Å². The number of hydrogen-bond acceptors (Lipinski definition) is 4. The van der Waals surface area contributed by atoms with Crippen LogP contribution in [0.15, 0.2) is 6.20 Å². The highest BCUT2D eigenvalue weighted by Gasteiger charge is 2.40. The third-order valence-corrected chi connectivity index (χ3v) is 3.00. The number of H-pyrrole nitrogens is 1. The van der Waals surface area contributed by atoms with Gasteiger partial charge in [-0.25, -0.2) is 0 Å². The monoisotopic (exact) mass is 282 g/mol. The Balaban J connectivity index is 0.00000128. The molecule has 1 aromatic rings. The first-order valence-electron chi connectivity index (χ1n) is 5.02. The number of carboxylic acids is 1. The van der Waals surface area contributed by atoms with Crippen molar-refractivity contribution in [1.82, 2.24) is 20.7 Å². The third kappa shape index (κ3) is 3.55. The van der Waals surface area contributed by atoms with Crippen molar-refractivity contribution in [2.24, 2.45) is 5.41 Å². The molecule has 3 N–H and O–H groups in total. The van der Waals surface area contributed by atoms with Crippen LogP contribution in [0, 0.1) is 5.41 Å². The number of rotatable bonds is 3. The lowest BCUT2D eigenvalue weighted by Gasteiger charge is -2.32. The number of nitrogens with one attached hydrogen (secondary N) is 2. The highest BCUT2D eigenvalue weighted by Crippen LogP contribution is 2.32. The van der Waals surface area contributed by atoms with Crippen molar-refractivity contribution in [3.8, 4) is 0 Å². The molecule has 0 saturated carbocycles. The molecule has 1 aromatic heterocycles. The Kier molecular flexibility index (Phi) is 6.44. The van der Waals surface area contributed by atoms with Crippen molar-refractivity contribution in [2.45, 2.75) is 19.3 Å². The number of carbonyl (C=O) groups is 1. The molecule has 1 saturated heterocycles. The minimum atomic E-state index is -0.730. The molecule has 17 heavy (non-hydrogen) atoms. The lowest BCUT2D eigenvalue weighted by molar-refractivity contribution is -0.150. The summed E-state index contributed by atoms with van der Waals surface area (Å²) < 4.78 is 0. The van der Waals surface area contributed by atoms with Gasteiger partial charge in [0.2, 0.25) is 0 Å². The lowest BCUT2D eigenvalue weighted by atomic mass is 9.75. The van der Waals surface area contributed by atoms with Gasteiger partial charge in [-0.15, -0.1) is 24.8 Å². The molecule has 0 aliphatic carbocycles. The van der Waals surface area contributed by atoms with Gasteiger partial charge in [0.05, 0.1) is 17.3 Å². The largest absolute Gasteiger partial charge is 0.481 e. The summed E-state index contributed by atoms with van der Waals surface area (Å²) in [4.78, 5) is 11.3. The van der Waals surface area contributed by atoms with Crippen molar-refractivity contribution < 1.29 is 9.90 Å². The first-order valence-corrected chi connectivity index (χ1v) is 5.02. The summed E-state index contributed by atoms with van der Waals surface area (Å²) in [7, 11) is 0. The van der Waals surface area contributed by atoms with Gasteiger partial charge in [0.15, 0.2) is 0 Å². The Hall–Kier alpha value is -0.850. The molecule has 1 aliphatic rings. The van der Waals surface area contributed by atoms with E-state index in [0.29, 0.717) is 19.3 Å². The van der Waals surface area contributed by atoms with E-state index in [-0.39, 0.29) is 24.8 Å². The molecular weight excluding hydrogens is 267 g/mol. The number of carboxylic acid groups (broad SMARTS) is 1. The van der Waals surface area contributed by atoms with Gasteiger partial charge in [-0.3, -0.25) is 4.79 Å². The second-order valence-electron chi connectivity index (χ2n) is 3.97.